The molecule has 7 heteroatoms. The van der Waals surface area contributed by atoms with Crippen LogP contribution in [0.5, 0.6) is 0 Å². The Morgan fingerprint density at radius 2 is 1.65 bits per heavy atom. The fourth-order valence-electron chi connectivity index (χ4n) is 1.80. The third-order valence-electron chi connectivity index (χ3n) is 2.58. The molecule has 3 rings (SSSR count). The lowest BCUT2D eigenvalue weighted by Crippen LogP contribution is -1.91. The zero-order valence-electron chi connectivity index (χ0n) is 9.96. The predicted molar refractivity (Wildman–Crippen MR) is 90.0 cm³/mol. The molecule has 0 unspecified atom stereocenters. The third kappa shape index (κ3) is 3.38. The van der Waals surface area contributed by atoms with Crippen LogP contribution in [0.25, 0.3) is 22.2 Å². The number of hydrogen-bond donors (Lipinski definition) is 0. The largest absolute Gasteiger partial charge is 0.265 e. The first-order valence-electron chi connectivity index (χ1n) is 5.27. The lowest BCUT2D eigenvalue weighted by Gasteiger charge is -2.06. The summed E-state index contributed by atoms with van der Waals surface area (Å²) in [6, 6.07) is 9.64. The summed E-state index contributed by atoms with van der Waals surface area (Å²) in [4.78, 5) is 12.5. The lowest BCUT2D eigenvalue weighted by molar-refractivity contribution is 1.22. The van der Waals surface area contributed by atoms with Crippen LogP contribution in [-0.2, 0) is 0 Å². The Bertz CT molecular complexity index is 723. The highest BCUT2D eigenvalue weighted by Gasteiger charge is 2.09. The fraction of sp³-hybridized carbons (Fsp3) is 0. The zero-order valence-corrected chi connectivity index (χ0v) is 13.9. The SMILES string of the molecule is Cl.Cl.Clc1nc(-c2ccncc2)c2cc(Br)ccc2n1. The van der Waals surface area contributed by atoms with E-state index < -0.39 is 0 Å². The van der Waals surface area contributed by atoms with Crippen LogP contribution in [0.1, 0.15) is 0 Å². The Labute approximate surface area is 141 Å². The van der Waals surface area contributed by atoms with Crippen molar-refractivity contribution in [3.05, 3.63) is 52.5 Å². The van der Waals surface area contributed by atoms with Gasteiger partial charge >= 0.3 is 0 Å². The van der Waals surface area contributed by atoms with E-state index >= 15 is 0 Å². The molecule has 0 spiro atoms. The van der Waals surface area contributed by atoms with Crippen LogP contribution in [0.15, 0.2) is 47.2 Å². The smallest absolute Gasteiger partial charge is 0.223 e. The maximum atomic E-state index is 5.96. The Morgan fingerprint density at radius 3 is 2.35 bits per heavy atom. The van der Waals surface area contributed by atoms with Gasteiger partial charge in [0.05, 0.1) is 11.2 Å². The molecule has 3 aromatic rings. The van der Waals surface area contributed by atoms with Gasteiger partial charge in [0.1, 0.15) is 0 Å². The summed E-state index contributed by atoms with van der Waals surface area (Å²) in [5.41, 5.74) is 2.61. The summed E-state index contributed by atoms with van der Waals surface area (Å²) in [6.07, 6.45) is 3.46. The first-order valence-corrected chi connectivity index (χ1v) is 6.44. The van der Waals surface area contributed by atoms with Crippen LogP contribution in [0.2, 0.25) is 5.28 Å². The molecule has 0 N–H and O–H groups in total. The van der Waals surface area contributed by atoms with Crippen molar-refractivity contribution in [2.24, 2.45) is 0 Å². The van der Waals surface area contributed by atoms with Crippen LogP contribution in [0.4, 0.5) is 0 Å². The van der Waals surface area contributed by atoms with E-state index in [0.29, 0.717) is 0 Å². The number of aromatic nitrogens is 3. The molecule has 0 aliphatic carbocycles. The van der Waals surface area contributed by atoms with Gasteiger partial charge in [-0.05, 0) is 41.9 Å². The normalized spacial score (nSPS) is 9.70. The molecule has 0 fully saturated rings. The lowest BCUT2D eigenvalue weighted by atomic mass is 10.1. The van der Waals surface area contributed by atoms with Gasteiger partial charge in [-0.1, -0.05) is 15.9 Å². The maximum absolute atomic E-state index is 5.96. The van der Waals surface area contributed by atoms with Crippen LogP contribution in [0.3, 0.4) is 0 Å². The second-order valence-electron chi connectivity index (χ2n) is 3.74. The monoisotopic (exact) mass is 391 g/mol. The quantitative estimate of drug-likeness (QED) is 0.549. The Hall–Kier alpha value is -0.940. The number of fused-ring (bicyclic) bond motifs is 1. The molecular weight excluding hydrogens is 384 g/mol. The van der Waals surface area contributed by atoms with E-state index in [1.165, 1.54) is 0 Å². The van der Waals surface area contributed by atoms with Crippen molar-refractivity contribution in [2.45, 2.75) is 0 Å². The molecule has 0 bridgehead atoms. The molecular formula is C13H9BrCl3N3. The second kappa shape index (κ2) is 7.18. The molecule has 0 saturated heterocycles. The standard InChI is InChI=1S/C13H7BrClN3.2ClH/c14-9-1-2-11-10(7-9)12(18-13(15)17-11)8-3-5-16-6-4-8;;/h1-7H;2*1H. The molecule has 0 aliphatic rings. The van der Waals surface area contributed by atoms with Crippen LogP contribution in [0, 0.1) is 0 Å². The van der Waals surface area contributed by atoms with Crippen molar-refractivity contribution in [3.63, 3.8) is 0 Å². The average molecular weight is 393 g/mol. The fourth-order valence-corrected chi connectivity index (χ4v) is 2.34. The summed E-state index contributed by atoms with van der Waals surface area (Å²) in [5.74, 6) is 0. The number of nitrogens with zero attached hydrogens (tertiary/aromatic N) is 3. The Morgan fingerprint density at radius 1 is 0.950 bits per heavy atom. The minimum atomic E-state index is 0. The summed E-state index contributed by atoms with van der Waals surface area (Å²) in [7, 11) is 0. The third-order valence-corrected chi connectivity index (χ3v) is 3.25. The molecule has 20 heavy (non-hydrogen) atoms. The van der Waals surface area contributed by atoms with E-state index in [0.717, 1.165) is 26.6 Å². The van der Waals surface area contributed by atoms with Crippen molar-refractivity contribution >= 4 is 63.2 Å². The highest BCUT2D eigenvalue weighted by molar-refractivity contribution is 9.10. The molecule has 1 aromatic carbocycles. The molecule has 2 heterocycles. The average Bonchev–Trinajstić information content (AvgIpc) is 2.39. The zero-order chi connectivity index (χ0) is 12.5. The van der Waals surface area contributed by atoms with E-state index in [-0.39, 0.29) is 30.1 Å². The van der Waals surface area contributed by atoms with Gasteiger partial charge in [-0.2, -0.15) is 0 Å². The highest BCUT2D eigenvalue weighted by Crippen LogP contribution is 2.28. The first-order chi connectivity index (χ1) is 8.74. The molecule has 0 aliphatic heterocycles. The molecule has 0 saturated carbocycles. The van der Waals surface area contributed by atoms with Crippen LogP contribution < -0.4 is 0 Å². The molecule has 3 nitrogen and oxygen atoms in total. The van der Waals surface area contributed by atoms with Gasteiger partial charge in [0.25, 0.3) is 0 Å². The summed E-state index contributed by atoms with van der Waals surface area (Å²) in [6.45, 7) is 0. The van der Waals surface area contributed by atoms with E-state index in [1.54, 1.807) is 12.4 Å². The van der Waals surface area contributed by atoms with E-state index in [9.17, 15) is 0 Å². The highest BCUT2D eigenvalue weighted by atomic mass is 79.9. The van der Waals surface area contributed by atoms with E-state index in [1.807, 2.05) is 30.3 Å². The van der Waals surface area contributed by atoms with Gasteiger partial charge < -0.3 is 0 Å². The Kier molecular flexibility index (Phi) is 6.14. The van der Waals surface area contributed by atoms with Gasteiger partial charge in [0.2, 0.25) is 5.28 Å². The number of benzene rings is 1. The van der Waals surface area contributed by atoms with Gasteiger partial charge in [0.15, 0.2) is 0 Å². The maximum Gasteiger partial charge on any atom is 0.223 e. The van der Waals surface area contributed by atoms with Crippen LogP contribution in [-0.4, -0.2) is 15.0 Å². The van der Waals surface area contributed by atoms with Gasteiger partial charge in [-0.15, -0.1) is 24.8 Å². The minimum Gasteiger partial charge on any atom is -0.265 e. The summed E-state index contributed by atoms with van der Waals surface area (Å²) in [5, 5.41) is 1.21. The number of pyridine rings is 1. The summed E-state index contributed by atoms with van der Waals surface area (Å²) >= 11 is 9.42. The van der Waals surface area contributed by atoms with Gasteiger partial charge in [0, 0.05) is 27.8 Å². The molecule has 0 atom stereocenters. The van der Waals surface area contributed by atoms with Crippen molar-refractivity contribution in [1.29, 1.82) is 0 Å². The van der Waals surface area contributed by atoms with E-state index in [4.69, 9.17) is 11.6 Å². The summed E-state index contributed by atoms with van der Waals surface area (Å²) < 4.78 is 0.983. The molecule has 104 valence electrons. The van der Waals surface area contributed by atoms with Crippen molar-refractivity contribution in [1.82, 2.24) is 15.0 Å². The number of hydrogen-bond acceptors (Lipinski definition) is 3. The molecule has 0 amide bonds. The molecule has 0 radical (unpaired) electrons. The first kappa shape index (κ1) is 17.1. The number of halogens is 4. The number of rotatable bonds is 1. The molecule has 2 aromatic heterocycles. The Balaban J connectivity index is 0.000001000. The van der Waals surface area contributed by atoms with Crippen molar-refractivity contribution < 1.29 is 0 Å². The minimum absolute atomic E-state index is 0. The predicted octanol–water partition coefficient (Wildman–Crippen LogP) is 4.95. The van der Waals surface area contributed by atoms with Gasteiger partial charge in [-0.25, -0.2) is 9.97 Å². The van der Waals surface area contributed by atoms with E-state index in [2.05, 4.69) is 30.9 Å². The topological polar surface area (TPSA) is 38.7 Å². The van der Waals surface area contributed by atoms with Crippen molar-refractivity contribution in [3.8, 4) is 11.3 Å². The van der Waals surface area contributed by atoms with Crippen molar-refractivity contribution in [2.75, 3.05) is 0 Å². The van der Waals surface area contributed by atoms with Gasteiger partial charge in [-0.3, -0.25) is 4.98 Å². The second-order valence-corrected chi connectivity index (χ2v) is 4.99. The van der Waals surface area contributed by atoms with Crippen LogP contribution >= 0.6 is 52.3 Å².